The Morgan fingerprint density at radius 3 is 2.36 bits per heavy atom. The van der Waals surface area contributed by atoms with Gasteiger partial charge in [-0.2, -0.15) is 0 Å². The minimum Gasteiger partial charge on any atom is -0.462 e. The standard InChI is InChI=1S/C22H29N3O2S/c1-14-13-18(20(26)27-14)28-21-24-23-19(25(21)17-7-5-6-8-17)15-9-11-16(12-10-15)22(2,3)4/h9-12,14,17-18H,5-8,13H2,1-4H3/t14-,18+/m1/s1. The van der Waals surface area contributed by atoms with E-state index in [0.717, 1.165) is 35.8 Å². The number of carbonyl (C=O) groups is 1. The Morgan fingerprint density at radius 2 is 1.79 bits per heavy atom. The molecule has 0 amide bonds. The first-order valence-electron chi connectivity index (χ1n) is 10.3. The van der Waals surface area contributed by atoms with Gasteiger partial charge in [-0.3, -0.25) is 9.36 Å². The summed E-state index contributed by atoms with van der Waals surface area (Å²) in [4.78, 5) is 12.1. The summed E-state index contributed by atoms with van der Waals surface area (Å²) in [5, 5.41) is 9.71. The van der Waals surface area contributed by atoms with Crippen molar-refractivity contribution in [3.05, 3.63) is 29.8 Å². The van der Waals surface area contributed by atoms with Crippen molar-refractivity contribution >= 4 is 17.7 Å². The monoisotopic (exact) mass is 399 g/mol. The van der Waals surface area contributed by atoms with Gasteiger partial charge in [-0.25, -0.2) is 0 Å². The number of aromatic nitrogens is 3. The van der Waals surface area contributed by atoms with Crippen LogP contribution in [0.25, 0.3) is 11.4 Å². The molecule has 0 bridgehead atoms. The summed E-state index contributed by atoms with van der Waals surface area (Å²) in [6, 6.07) is 9.08. The second-order valence-corrected chi connectivity index (χ2v) is 10.2. The van der Waals surface area contributed by atoms with Gasteiger partial charge in [-0.1, -0.05) is 69.6 Å². The molecule has 2 fully saturated rings. The topological polar surface area (TPSA) is 57.0 Å². The summed E-state index contributed by atoms with van der Waals surface area (Å²) in [7, 11) is 0. The summed E-state index contributed by atoms with van der Waals surface area (Å²) in [6.45, 7) is 8.61. The van der Waals surface area contributed by atoms with E-state index < -0.39 is 0 Å². The molecular weight excluding hydrogens is 370 g/mol. The van der Waals surface area contributed by atoms with E-state index in [9.17, 15) is 4.79 Å². The van der Waals surface area contributed by atoms with Gasteiger partial charge in [0.15, 0.2) is 11.0 Å². The van der Waals surface area contributed by atoms with Crippen molar-refractivity contribution in [2.24, 2.45) is 0 Å². The lowest BCUT2D eigenvalue weighted by atomic mass is 9.86. The Bertz CT molecular complexity index is 848. The number of benzene rings is 1. The van der Waals surface area contributed by atoms with Crippen LogP contribution < -0.4 is 0 Å². The Morgan fingerprint density at radius 1 is 1.11 bits per heavy atom. The zero-order valence-electron chi connectivity index (χ0n) is 17.1. The van der Waals surface area contributed by atoms with Crippen LogP contribution in [-0.4, -0.2) is 32.1 Å². The largest absolute Gasteiger partial charge is 0.462 e. The van der Waals surface area contributed by atoms with Crippen LogP contribution in [0.4, 0.5) is 0 Å². The molecule has 6 heteroatoms. The van der Waals surface area contributed by atoms with Crippen LogP contribution in [0.5, 0.6) is 0 Å². The van der Waals surface area contributed by atoms with Crippen molar-refractivity contribution < 1.29 is 9.53 Å². The number of nitrogens with zero attached hydrogens (tertiary/aromatic N) is 3. The quantitative estimate of drug-likeness (QED) is 0.665. The highest BCUT2D eigenvalue weighted by Gasteiger charge is 2.35. The number of carbonyl (C=O) groups excluding carboxylic acids is 1. The van der Waals surface area contributed by atoms with Crippen LogP contribution in [0.2, 0.25) is 0 Å². The molecule has 1 aliphatic carbocycles. The Balaban J connectivity index is 1.67. The summed E-state index contributed by atoms with van der Waals surface area (Å²) in [6.07, 6.45) is 5.47. The first kappa shape index (κ1) is 19.5. The normalized spacial score (nSPS) is 23.4. The van der Waals surface area contributed by atoms with Gasteiger partial charge in [-0.15, -0.1) is 10.2 Å². The molecule has 1 saturated carbocycles. The second-order valence-electron chi connectivity index (χ2n) is 9.03. The highest BCUT2D eigenvalue weighted by atomic mass is 32.2. The molecule has 2 atom stereocenters. The van der Waals surface area contributed by atoms with Gasteiger partial charge in [0.1, 0.15) is 11.4 Å². The predicted octanol–water partition coefficient (Wildman–Crippen LogP) is 5.15. The highest BCUT2D eigenvalue weighted by molar-refractivity contribution is 8.00. The van der Waals surface area contributed by atoms with Crippen molar-refractivity contribution in [2.75, 3.05) is 0 Å². The number of cyclic esters (lactones) is 1. The van der Waals surface area contributed by atoms with E-state index in [0.29, 0.717) is 6.04 Å². The maximum Gasteiger partial charge on any atom is 0.319 e. The Labute approximate surface area is 171 Å². The second kappa shape index (κ2) is 7.54. The summed E-state index contributed by atoms with van der Waals surface area (Å²) in [5.74, 6) is 0.781. The molecule has 0 N–H and O–H groups in total. The summed E-state index contributed by atoms with van der Waals surface area (Å²) < 4.78 is 7.61. The molecule has 28 heavy (non-hydrogen) atoms. The molecule has 0 radical (unpaired) electrons. The summed E-state index contributed by atoms with van der Waals surface area (Å²) in [5.41, 5.74) is 2.51. The highest BCUT2D eigenvalue weighted by Crippen LogP contribution is 2.39. The maximum atomic E-state index is 12.1. The van der Waals surface area contributed by atoms with Gasteiger partial charge >= 0.3 is 5.97 Å². The number of esters is 1. The number of ether oxygens (including phenoxy) is 1. The fraction of sp³-hybridized carbons (Fsp3) is 0.591. The average molecular weight is 400 g/mol. The van der Waals surface area contributed by atoms with E-state index in [1.54, 1.807) is 0 Å². The zero-order valence-corrected chi connectivity index (χ0v) is 18.0. The molecule has 1 aromatic heterocycles. The van der Waals surface area contributed by atoms with Crippen LogP contribution in [0.1, 0.15) is 71.4 Å². The minimum absolute atomic E-state index is 0.0164. The smallest absolute Gasteiger partial charge is 0.319 e. The first-order chi connectivity index (χ1) is 13.3. The van der Waals surface area contributed by atoms with Gasteiger partial charge in [0, 0.05) is 18.0 Å². The third-order valence-electron chi connectivity index (χ3n) is 5.74. The van der Waals surface area contributed by atoms with Crippen LogP contribution in [-0.2, 0) is 14.9 Å². The molecule has 0 unspecified atom stereocenters. The SMILES string of the molecule is C[C@@H]1C[C@H](Sc2nnc(-c3ccc(C(C)(C)C)cc3)n2C2CCCC2)C(=O)O1. The van der Waals surface area contributed by atoms with E-state index in [1.165, 1.54) is 30.2 Å². The molecule has 4 rings (SSSR count). The van der Waals surface area contributed by atoms with E-state index in [-0.39, 0.29) is 22.7 Å². The van der Waals surface area contributed by atoms with E-state index >= 15 is 0 Å². The van der Waals surface area contributed by atoms with Gasteiger partial charge in [0.25, 0.3) is 0 Å². The van der Waals surface area contributed by atoms with E-state index in [4.69, 9.17) is 4.74 Å². The molecule has 2 aliphatic rings. The minimum atomic E-state index is -0.185. The average Bonchev–Trinajstić information content (AvgIpc) is 3.35. The number of hydrogen-bond acceptors (Lipinski definition) is 5. The maximum absolute atomic E-state index is 12.1. The molecule has 2 heterocycles. The fourth-order valence-corrected chi connectivity index (χ4v) is 5.32. The van der Waals surface area contributed by atoms with Gasteiger partial charge in [0.05, 0.1) is 0 Å². The third kappa shape index (κ3) is 3.84. The third-order valence-corrected chi connectivity index (χ3v) is 6.90. The lowest BCUT2D eigenvalue weighted by Crippen LogP contribution is -2.14. The predicted molar refractivity (Wildman–Crippen MR) is 111 cm³/mol. The fourth-order valence-electron chi connectivity index (χ4n) is 4.11. The number of rotatable bonds is 4. The molecular formula is C22H29N3O2S. The van der Waals surface area contributed by atoms with Crippen molar-refractivity contribution in [2.45, 2.75) is 87.8 Å². The molecule has 150 valence electrons. The number of hydrogen-bond donors (Lipinski definition) is 0. The van der Waals surface area contributed by atoms with Gasteiger partial charge in [0.2, 0.25) is 0 Å². The molecule has 1 saturated heterocycles. The molecule has 5 nitrogen and oxygen atoms in total. The molecule has 1 aliphatic heterocycles. The van der Waals surface area contributed by atoms with Crippen molar-refractivity contribution in [3.8, 4) is 11.4 Å². The first-order valence-corrected chi connectivity index (χ1v) is 11.1. The van der Waals surface area contributed by atoms with Crippen LogP contribution in [0.15, 0.2) is 29.4 Å². The van der Waals surface area contributed by atoms with Gasteiger partial charge < -0.3 is 4.74 Å². The zero-order chi connectivity index (χ0) is 19.9. The Hall–Kier alpha value is -1.82. The molecule has 0 spiro atoms. The molecule has 1 aromatic carbocycles. The van der Waals surface area contributed by atoms with E-state index in [2.05, 4.69) is 59.8 Å². The van der Waals surface area contributed by atoms with Crippen LogP contribution in [0.3, 0.4) is 0 Å². The Kier molecular flexibility index (Phi) is 5.25. The van der Waals surface area contributed by atoms with Gasteiger partial charge in [-0.05, 0) is 30.7 Å². The van der Waals surface area contributed by atoms with Crippen LogP contribution >= 0.6 is 11.8 Å². The number of thioether (sulfide) groups is 1. The van der Waals surface area contributed by atoms with Crippen molar-refractivity contribution in [1.29, 1.82) is 0 Å². The summed E-state index contributed by atoms with van der Waals surface area (Å²) >= 11 is 1.51. The lowest BCUT2D eigenvalue weighted by molar-refractivity contribution is -0.140. The lowest BCUT2D eigenvalue weighted by Gasteiger charge is -2.20. The van der Waals surface area contributed by atoms with Crippen molar-refractivity contribution in [3.63, 3.8) is 0 Å². The van der Waals surface area contributed by atoms with Crippen LogP contribution in [0, 0.1) is 0 Å². The van der Waals surface area contributed by atoms with E-state index in [1.807, 2.05) is 6.92 Å². The van der Waals surface area contributed by atoms with Crippen molar-refractivity contribution in [1.82, 2.24) is 14.8 Å². The molecule has 2 aromatic rings.